The molecule has 0 bridgehead atoms. The van der Waals surface area contributed by atoms with Crippen LogP contribution in [-0.4, -0.2) is 36.5 Å². The first kappa shape index (κ1) is 13.8. The SMILES string of the molecule is CC(C)C(=O)NCCCNC1CCSCC1. The Morgan fingerprint density at radius 1 is 1.31 bits per heavy atom. The quantitative estimate of drug-likeness (QED) is 0.698. The molecule has 1 rings (SSSR count). The summed E-state index contributed by atoms with van der Waals surface area (Å²) >= 11 is 2.05. The van der Waals surface area contributed by atoms with Crippen LogP contribution in [-0.2, 0) is 4.79 Å². The maximum atomic E-state index is 11.3. The van der Waals surface area contributed by atoms with Crippen molar-refractivity contribution in [2.75, 3.05) is 24.6 Å². The largest absolute Gasteiger partial charge is 0.356 e. The summed E-state index contributed by atoms with van der Waals surface area (Å²) in [5.41, 5.74) is 0. The van der Waals surface area contributed by atoms with Crippen LogP contribution in [0.3, 0.4) is 0 Å². The van der Waals surface area contributed by atoms with Gasteiger partial charge < -0.3 is 10.6 Å². The van der Waals surface area contributed by atoms with Gasteiger partial charge in [0.25, 0.3) is 0 Å². The highest BCUT2D eigenvalue weighted by Crippen LogP contribution is 2.16. The summed E-state index contributed by atoms with van der Waals surface area (Å²) in [4.78, 5) is 11.3. The van der Waals surface area contributed by atoms with Crippen molar-refractivity contribution in [2.45, 2.75) is 39.2 Å². The number of amides is 1. The highest BCUT2D eigenvalue weighted by molar-refractivity contribution is 7.99. The molecule has 1 aliphatic heterocycles. The number of hydrogen-bond donors (Lipinski definition) is 2. The molecule has 0 atom stereocenters. The van der Waals surface area contributed by atoms with Gasteiger partial charge in [-0.25, -0.2) is 0 Å². The summed E-state index contributed by atoms with van der Waals surface area (Å²) in [6.45, 7) is 5.67. The monoisotopic (exact) mass is 244 g/mol. The minimum Gasteiger partial charge on any atom is -0.356 e. The topological polar surface area (TPSA) is 41.1 Å². The van der Waals surface area contributed by atoms with Crippen molar-refractivity contribution in [1.29, 1.82) is 0 Å². The van der Waals surface area contributed by atoms with E-state index >= 15 is 0 Å². The van der Waals surface area contributed by atoms with Crippen LogP contribution in [0.1, 0.15) is 33.1 Å². The number of rotatable bonds is 6. The molecule has 0 spiro atoms. The average Bonchev–Trinajstić information content (AvgIpc) is 2.29. The Balaban J connectivity index is 1.93. The molecule has 0 aromatic heterocycles. The summed E-state index contributed by atoms with van der Waals surface area (Å²) in [5, 5.41) is 6.50. The fourth-order valence-electron chi connectivity index (χ4n) is 1.71. The molecule has 16 heavy (non-hydrogen) atoms. The van der Waals surface area contributed by atoms with Crippen LogP contribution >= 0.6 is 11.8 Å². The number of nitrogens with one attached hydrogen (secondary N) is 2. The number of carbonyl (C=O) groups is 1. The van der Waals surface area contributed by atoms with Crippen LogP contribution < -0.4 is 10.6 Å². The zero-order valence-electron chi connectivity index (χ0n) is 10.4. The van der Waals surface area contributed by atoms with Crippen molar-refractivity contribution in [3.05, 3.63) is 0 Å². The lowest BCUT2D eigenvalue weighted by molar-refractivity contribution is -0.123. The molecule has 4 heteroatoms. The molecule has 1 fully saturated rings. The highest BCUT2D eigenvalue weighted by atomic mass is 32.2. The van der Waals surface area contributed by atoms with Gasteiger partial charge in [0.15, 0.2) is 0 Å². The van der Waals surface area contributed by atoms with Crippen LogP contribution in [0.4, 0.5) is 0 Å². The van der Waals surface area contributed by atoms with Gasteiger partial charge in [-0.2, -0.15) is 11.8 Å². The van der Waals surface area contributed by atoms with E-state index in [0.29, 0.717) is 6.04 Å². The number of carbonyl (C=O) groups excluding carboxylic acids is 1. The predicted octanol–water partition coefficient (Wildman–Crippen LogP) is 1.63. The van der Waals surface area contributed by atoms with E-state index in [0.717, 1.165) is 19.5 Å². The molecule has 0 aliphatic carbocycles. The van der Waals surface area contributed by atoms with Crippen LogP contribution in [0, 0.1) is 5.92 Å². The molecule has 3 nitrogen and oxygen atoms in total. The summed E-state index contributed by atoms with van der Waals surface area (Å²) in [6, 6.07) is 0.710. The van der Waals surface area contributed by atoms with Crippen molar-refractivity contribution in [1.82, 2.24) is 10.6 Å². The fourth-order valence-corrected chi connectivity index (χ4v) is 2.82. The number of thioether (sulfide) groups is 1. The van der Waals surface area contributed by atoms with Gasteiger partial charge in [-0.1, -0.05) is 13.8 Å². The molecule has 0 saturated carbocycles. The van der Waals surface area contributed by atoms with Gasteiger partial charge in [-0.05, 0) is 37.3 Å². The van der Waals surface area contributed by atoms with Gasteiger partial charge >= 0.3 is 0 Å². The number of hydrogen-bond acceptors (Lipinski definition) is 3. The highest BCUT2D eigenvalue weighted by Gasteiger charge is 2.12. The van der Waals surface area contributed by atoms with Crippen molar-refractivity contribution in [3.8, 4) is 0 Å². The van der Waals surface area contributed by atoms with Crippen molar-refractivity contribution in [3.63, 3.8) is 0 Å². The molecule has 1 amide bonds. The smallest absolute Gasteiger partial charge is 0.222 e. The van der Waals surface area contributed by atoms with E-state index in [1.165, 1.54) is 24.3 Å². The third kappa shape index (κ3) is 5.75. The second-order valence-corrected chi connectivity index (χ2v) is 5.86. The van der Waals surface area contributed by atoms with Gasteiger partial charge in [0.05, 0.1) is 0 Å². The van der Waals surface area contributed by atoms with E-state index in [9.17, 15) is 4.79 Å². The Labute approximate surface area is 103 Å². The van der Waals surface area contributed by atoms with Crippen LogP contribution in [0.15, 0.2) is 0 Å². The zero-order chi connectivity index (χ0) is 11.8. The molecule has 0 unspecified atom stereocenters. The Kier molecular flexibility index (Phi) is 6.88. The Bertz CT molecular complexity index is 203. The summed E-state index contributed by atoms with van der Waals surface area (Å²) < 4.78 is 0. The fraction of sp³-hybridized carbons (Fsp3) is 0.917. The van der Waals surface area contributed by atoms with Crippen molar-refractivity contribution >= 4 is 17.7 Å². The summed E-state index contributed by atoms with van der Waals surface area (Å²) in [6.07, 6.45) is 3.62. The van der Waals surface area contributed by atoms with Gasteiger partial charge in [-0.15, -0.1) is 0 Å². The molecule has 0 aromatic rings. The molecule has 1 saturated heterocycles. The summed E-state index contributed by atoms with van der Waals surface area (Å²) in [5.74, 6) is 2.85. The van der Waals surface area contributed by atoms with Gasteiger partial charge in [0.1, 0.15) is 0 Å². The lowest BCUT2D eigenvalue weighted by atomic mass is 10.1. The van der Waals surface area contributed by atoms with Crippen molar-refractivity contribution in [2.24, 2.45) is 5.92 Å². The first-order valence-electron chi connectivity index (χ1n) is 6.29. The lowest BCUT2D eigenvalue weighted by Crippen LogP contribution is -2.35. The lowest BCUT2D eigenvalue weighted by Gasteiger charge is -2.22. The molecule has 2 N–H and O–H groups in total. The summed E-state index contributed by atoms with van der Waals surface area (Å²) in [7, 11) is 0. The van der Waals surface area contributed by atoms with Crippen molar-refractivity contribution < 1.29 is 4.79 Å². The van der Waals surface area contributed by atoms with Crippen LogP contribution in [0.2, 0.25) is 0 Å². The molecule has 1 aliphatic rings. The second-order valence-electron chi connectivity index (χ2n) is 4.64. The van der Waals surface area contributed by atoms with E-state index in [-0.39, 0.29) is 11.8 Å². The first-order valence-corrected chi connectivity index (χ1v) is 7.44. The maximum absolute atomic E-state index is 11.3. The minimum atomic E-state index is 0.100. The standard InChI is InChI=1S/C12H24N2OS/c1-10(2)12(15)14-7-3-6-13-11-4-8-16-9-5-11/h10-11,13H,3-9H2,1-2H3,(H,14,15). The van der Waals surface area contributed by atoms with Crippen LogP contribution in [0.5, 0.6) is 0 Å². The maximum Gasteiger partial charge on any atom is 0.222 e. The van der Waals surface area contributed by atoms with E-state index in [4.69, 9.17) is 0 Å². The molecule has 0 aromatic carbocycles. The van der Waals surface area contributed by atoms with Crippen LogP contribution in [0.25, 0.3) is 0 Å². The van der Waals surface area contributed by atoms with E-state index < -0.39 is 0 Å². The Morgan fingerprint density at radius 2 is 2.00 bits per heavy atom. The first-order chi connectivity index (χ1) is 7.70. The third-order valence-corrected chi connectivity index (χ3v) is 3.88. The van der Waals surface area contributed by atoms with E-state index in [1.807, 2.05) is 13.8 Å². The van der Waals surface area contributed by atoms with Gasteiger partial charge in [0, 0.05) is 18.5 Å². The molecular formula is C12H24N2OS. The Morgan fingerprint density at radius 3 is 2.62 bits per heavy atom. The average molecular weight is 244 g/mol. The van der Waals surface area contributed by atoms with E-state index in [2.05, 4.69) is 22.4 Å². The normalized spacial score (nSPS) is 17.7. The van der Waals surface area contributed by atoms with E-state index in [1.54, 1.807) is 0 Å². The molecular weight excluding hydrogens is 220 g/mol. The minimum absolute atomic E-state index is 0.100. The van der Waals surface area contributed by atoms with Gasteiger partial charge in [-0.3, -0.25) is 4.79 Å². The third-order valence-electron chi connectivity index (χ3n) is 2.83. The van der Waals surface area contributed by atoms with Gasteiger partial charge in [0.2, 0.25) is 5.91 Å². The zero-order valence-corrected chi connectivity index (χ0v) is 11.2. The molecule has 0 radical (unpaired) electrons. The second kappa shape index (κ2) is 7.96. The predicted molar refractivity (Wildman–Crippen MR) is 70.8 cm³/mol. The molecule has 94 valence electrons. The Hall–Kier alpha value is -0.220. The molecule has 1 heterocycles.